The third kappa shape index (κ3) is 3.53. The van der Waals surface area contributed by atoms with Gasteiger partial charge in [-0.25, -0.2) is 0 Å². The van der Waals surface area contributed by atoms with E-state index in [1.807, 2.05) is 37.3 Å². The van der Waals surface area contributed by atoms with Crippen LogP contribution >= 0.6 is 0 Å². The molecule has 1 atom stereocenters. The summed E-state index contributed by atoms with van der Waals surface area (Å²) in [5, 5.41) is 3.84. The Bertz CT molecular complexity index is 832. The van der Waals surface area contributed by atoms with Gasteiger partial charge in [-0.2, -0.15) is 4.39 Å². The summed E-state index contributed by atoms with van der Waals surface area (Å²) in [5.41, 5.74) is 0.884. The van der Waals surface area contributed by atoms with Crippen LogP contribution in [0.2, 0.25) is 0 Å². The molecule has 1 aromatic heterocycles. The maximum Gasteiger partial charge on any atom is 0.354 e. The van der Waals surface area contributed by atoms with Crippen molar-refractivity contribution < 1.29 is 23.4 Å². The Kier molecular flexibility index (Phi) is 5.47. The summed E-state index contributed by atoms with van der Waals surface area (Å²) in [7, 11) is 0. The fraction of sp³-hybridized carbons (Fsp3) is 0.368. The van der Waals surface area contributed by atoms with Gasteiger partial charge in [0.05, 0.1) is 19.3 Å². The van der Waals surface area contributed by atoms with Gasteiger partial charge in [-0.1, -0.05) is 36.3 Å². The predicted molar refractivity (Wildman–Crippen MR) is 90.8 cm³/mol. The SMILES string of the molecule is CC#CCOC1(C(=O)c2cc(F)nn2[C@H](C)c2ccccc2)OCCO1. The van der Waals surface area contributed by atoms with E-state index < -0.39 is 17.7 Å². The Balaban J connectivity index is 1.95. The van der Waals surface area contributed by atoms with Gasteiger partial charge in [0.1, 0.15) is 12.3 Å². The summed E-state index contributed by atoms with van der Waals surface area (Å²) >= 11 is 0. The van der Waals surface area contributed by atoms with Crippen molar-refractivity contribution >= 4 is 5.78 Å². The minimum Gasteiger partial charge on any atom is -0.318 e. The lowest BCUT2D eigenvalue weighted by Crippen LogP contribution is -2.44. The maximum absolute atomic E-state index is 13.9. The zero-order chi connectivity index (χ0) is 18.6. The second kappa shape index (κ2) is 7.79. The van der Waals surface area contributed by atoms with Crippen molar-refractivity contribution in [2.24, 2.45) is 0 Å². The second-order valence-electron chi connectivity index (χ2n) is 5.68. The molecule has 3 rings (SSSR count). The Morgan fingerprint density at radius 2 is 2.08 bits per heavy atom. The number of Topliss-reactive ketones (excluding diaryl/α,β-unsaturated/α-hetero) is 1. The van der Waals surface area contributed by atoms with Crippen LogP contribution in [0, 0.1) is 17.8 Å². The molecule has 1 saturated heterocycles. The highest BCUT2D eigenvalue weighted by Gasteiger charge is 2.48. The van der Waals surface area contributed by atoms with Gasteiger partial charge in [-0.15, -0.1) is 11.0 Å². The molecule has 26 heavy (non-hydrogen) atoms. The zero-order valence-corrected chi connectivity index (χ0v) is 14.6. The van der Waals surface area contributed by atoms with Gasteiger partial charge in [-0.3, -0.25) is 9.48 Å². The summed E-state index contributed by atoms with van der Waals surface area (Å²) < 4.78 is 31.5. The van der Waals surface area contributed by atoms with Crippen LogP contribution in [0.15, 0.2) is 36.4 Å². The van der Waals surface area contributed by atoms with Crippen molar-refractivity contribution in [3.63, 3.8) is 0 Å². The van der Waals surface area contributed by atoms with E-state index in [-0.39, 0.29) is 31.6 Å². The lowest BCUT2D eigenvalue weighted by molar-refractivity contribution is -0.285. The minimum absolute atomic E-state index is 0.00482. The number of carbonyl (C=O) groups excluding carboxylic acids is 1. The van der Waals surface area contributed by atoms with Crippen molar-refractivity contribution in [3.05, 3.63) is 53.6 Å². The van der Waals surface area contributed by atoms with Crippen molar-refractivity contribution in [1.82, 2.24) is 9.78 Å². The molecule has 0 unspecified atom stereocenters. The summed E-state index contributed by atoms with van der Waals surface area (Å²) in [6.45, 7) is 3.81. The molecule has 0 bridgehead atoms. The molecule has 0 radical (unpaired) electrons. The average Bonchev–Trinajstić information content (AvgIpc) is 3.29. The topological polar surface area (TPSA) is 62.6 Å². The number of rotatable bonds is 6. The molecular weight excluding hydrogens is 339 g/mol. The Morgan fingerprint density at radius 3 is 2.73 bits per heavy atom. The van der Waals surface area contributed by atoms with E-state index in [2.05, 4.69) is 16.9 Å². The number of ketones is 1. The lowest BCUT2D eigenvalue weighted by Gasteiger charge is -2.25. The first-order valence-corrected chi connectivity index (χ1v) is 8.23. The number of hydrogen-bond donors (Lipinski definition) is 0. The molecule has 0 aliphatic carbocycles. The van der Waals surface area contributed by atoms with Gasteiger partial charge in [0.15, 0.2) is 0 Å². The molecular formula is C19H19FN2O4. The molecule has 2 aromatic rings. The van der Waals surface area contributed by atoms with Crippen LogP contribution in [0.5, 0.6) is 0 Å². The average molecular weight is 358 g/mol. The Hall–Kier alpha value is -2.53. The number of halogens is 1. The number of carbonyl (C=O) groups is 1. The van der Waals surface area contributed by atoms with Crippen LogP contribution in [0.1, 0.15) is 35.9 Å². The third-order valence-corrected chi connectivity index (χ3v) is 4.04. The number of nitrogens with zero attached hydrogens (tertiary/aromatic N) is 2. The maximum atomic E-state index is 13.9. The van der Waals surface area contributed by atoms with Crippen LogP contribution in [-0.2, 0) is 14.2 Å². The predicted octanol–water partition coefficient (Wildman–Crippen LogP) is 2.55. The molecule has 0 spiro atoms. The van der Waals surface area contributed by atoms with E-state index in [1.54, 1.807) is 6.92 Å². The van der Waals surface area contributed by atoms with Crippen LogP contribution in [0.25, 0.3) is 0 Å². The van der Waals surface area contributed by atoms with Gasteiger partial charge in [0, 0.05) is 6.07 Å². The molecule has 1 aliphatic rings. The molecule has 0 N–H and O–H groups in total. The molecule has 2 heterocycles. The zero-order valence-electron chi connectivity index (χ0n) is 14.6. The fourth-order valence-electron chi connectivity index (χ4n) is 2.74. The second-order valence-corrected chi connectivity index (χ2v) is 5.68. The third-order valence-electron chi connectivity index (χ3n) is 4.04. The van der Waals surface area contributed by atoms with Gasteiger partial charge >= 0.3 is 5.97 Å². The largest absolute Gasteiger partial charge is 0.354 e. The first-order chi connectivity index (χ1) is 12.6. The highest BCUT2D eigenvalue weighted by atomic mass is 19.1. The van der Waals surface area contributed by atoms with Gasteiger partial charge in [0.2, 0.25) is 5.95 Å². The Morgan fingerprint density at radius 1 is 1.38 bits per heavy atom. The number of benzene rings is 1. The van der Waals surface area contributed by atoms with Gasteiger partial charge in [0.25, 0.3) is 5.78 Å². The monoisotopic (exact) mass is 358 g/mol. The number of aromatic nitrogens is 2. The normalized spacial score (nSPS) is 16.7. The summed E-state index contributed by atoms with van der Waals surface area (Å²) in [6.07, 6.45) is 0. The molecule has 7 heteroatoms. The minimum atomic E-state index is -1.93. The standard InChI is InChI=1S/C19H19FN2O4/c1-3-4-10-24-19(25-11-12-26-19)18(23)16-13-17(20)21-22(16)14(2)15-8-6-5-7-9-15/h5-9,13-14H,10-12H2,1-2H3/t14-/m1/s1. The van der Waals surface area contributed by atoms with E-state index in [0.29, 0.717) is 0 Å². The van der Waals surface area contributed by atoms with Crippen LogP contribution < -0.4 is 0 Å². The first-order valence-electron chi connectivity index (χ1n) is 8.23. The molecule has 1 aliphatic heterocycles. The van der Waals surface area contributed by atoms with Crippen LogP contribution in [-0.4, -0.2) is 41.4 Å². The number of hydrogen-bond acceptors (Lipinski definition) is 5. The lowest BCUT2D eigenvalue weighted by atomic mass is 10.1. The highest BCUT2D eigenvalue weighted by Crippen LogP contribution is 2.28. The van der Waals surface area contributed by atoms with E-state index >= 15 is 0 Å². The van der Waals surface area contributed by atoms with E-state index in [1.165, 1.54) is 4.68 Å². The van der Waals surface area contributed by atoms with Crippen LogP contribution in [0.3, 0.4) is 0 Å². The van der Waals surface area contributed by atoms with Crippen LogP contribution in [0.4, 0.5) is 4.39 Å². The van der Waals surface area contributed by atoms with Crippen molar-refractivity contribution in [2.75, 3.05) is 19.8 Å². The summed E-state index contributed by atoms with van der Waals surface area (Å²) in [6, 6.07) is 10.1. The first kappa shape index (κ1) is 18.3. The van der Waals surface area contributed by atoms with E-state index in [4.69, 9.17) is 14.2 Å². The van der Waals surface area contributed by atoms with Gasteiger partial charge in [-0.05, 0) is 19.4 Å². The molecule has 1 aromatic carbocycles. The summed E-state index contributed by atoms with van der Waals surface area (Å²) in [4.78, 5) is 13.1. The van der Waals surface area contributed by atoms with Crippen molar-refractivity contribution in [3.8, 4) is 11.8 Å². The van der Waals surface area contributed by atoms with E-state index in [9.17, 15) is 9.18 Å². The number of ether oxygens (including phenoxy) is 3. The molecule has 1 fully saturated rings. The quantitative estimate of drug-likeness (QED) is 0.587. The fourth-order valence-corrected chi connectivity index (χ4v) is 2.74. The highest BCUT2D eigenvalue weighted by molar-refractivity contribution is 5.99. The molecule has 136 valence electrons. The van der Waals surface area contributed by atoms with Gasteiger partial charge < -0.3 is 14.2 Å². The van der Waals surface area contributed by atoms with Crippen molar-refractivity contribution in [2.45, 2.75) is 25.9 Å². The summed E-state index contributed by atoms with van der Waals surface area (Å²) in [5.74, 6) is 2.02. The molecule has 6 nitrogen and oxygen atoms in total. The smallest absolute Gasteiger partial charge is 0.318 e. The van der Waals surface area contributed by atoms with Crippen molar-refractivity contribution in [1.29, 1.82) is 0 Å². The van der Waals surface area contributed by atoms with E-state index in [0.717, 1.165) is 11.6 Å². The Labute approximate surface area is 150 Å². The molecule has 0 amide bonds. The molecule has 0 saturated carbocycles.